The SMILES string of the molecule is Cc1ccc2[nH]c3c(c2c1)CCCC3NSc1ccc(Cl)cc1. The molecule has 4 rings (SSSR count). The first kappa shape index (κ1) is 15.1. The quantitative estimate of drug-likeness (QED) is 0.588. The van der Waals surface area contributed by atoms with Gasteiger partial charge in [-0.2, -0.15) is 0 Å². The third-order valence-corrected chi connectivity index (χ3v) is 5.66. The predicted octanol–water partition coefficient (Wildman–Crippen LogP) is 5.80. The molecule has 23 heavy (non-hydrogen) atoms. The molecule has 0 spiro atoms. The highest BCUT2D eigenvalue weighted by Gasteiger charge is 2.24. The minimum Gasteiger partial charge on any atom is -0.357 e. The van der Waals surface area contributed by atoms with Crippen molar-refractivity contribution in [1.29, 1.82) is 0 Å². The van der Waals surface area contributed by atoms with Gasteiger partial charge in [0.1, 0.15) is 0 Å². The predicted molar refractivity (Wildman–Crippen MR) is 99.2 cm³/mol. The van der Waals surface area contributed by atoms with E-state index in [4.69, 9.17) is 11.6 Å². The zero-order chi connectivity index (χ0) is 15.8. The molecule has 1 aliphatic rings. The molecule has 0 saturated carbocycles. The maximum atomic E-state index is 5.95. The van der Waals surface area contributed by atoms with Crippen molar-refractivity contribution < 1.29 is 0 Å². The van der Waals surface area contributed by atoms with Crippen LogP contribution in [0, 0.1) is 6.92 Å². The van der Waals surface area contributed by atoms with Crippen LogP contribution in [-0.2, 0) is 6.42 Å². The lowest BCUT2D eigenvalue weighted by atomic mass is 9.92. The molecule has 2 nitrogen and oxygen atoms in total. The Hall–Kier alpha value is -1.42. The molecule has 4 heteroatoms. The summed E-state index contributed by atoms with van der Waals surface area (Å²) in [6.07, 6.45) is 3.56. The standard InChI is InChI=1S/C19H19ClN2S/c1-12-5-10-17-16(11-12)15-3-2-4-18(19(15)21-17)22-23-14-8-6-13(20)7-9-14/h5-11,18,21-22H,2-4H2,1H3. The number of halogens is 1. The van der Waals surface area contributed by atoms with Crippen molar-refractivity contribution in [1.82, 2.24) is 9.71 Å². The van der Waals surface area contributed by atoms with E-state index < -0.39 is 0 Å². The first-order chi connectivity index (χ1) is 11.2. The summed E-state index contributed by atoms with van der Waals surface area (Å²) in [4.78, 5) is 4.83. The number of aromatic nitrogens is 1. The maximum absolute atomic E-state index is 5.95. The average molecular weight is 343 g/mol. The molecule has 0 aliphatic heterocycles. The number of hydrogen-bond donors (Lipinski definition) is 2. The van der Waals surface area contributed by atoms with Gasteiger partial charge in [0, 0.05) is 26.5 Å². The number of H-pyrrole nitrogens is 1. The van der Waals surface area contributed by atoms with Crippen LogP contribution in [0.15, 0.2) is 47.4 Å². The van der Waals surface area contributed by atoms with Crippen molar-refractivity contribution >= 4 is 34.5 Å². The smallest absolute Gasteiger partial charge is 0.0578 e. The van der Waals surface area contributed by atoms with Gasteiger partial charge in [-0.15, -0.1) is 0 Å². The van der Waals surface area contributed by atoms with E-state index in [0.717, 1.165) is 5.02 Å². The minimum atomic E-state index is 0.368. The van der Waals surface area contributed by atoms with Crippen LogP contribution in [0.1, 0.15) is 35.7 Å². The molecule has 1 aliphatic carbocycles. The molecule has 118 valence electrons. The average Bonchev–Trinajstić information content (AvgIpc) is 2.93. The zero-order valence-electron chi connectivity index (χ0n) is 13.0. The molecule has 0 radical (unpaired) electrons. The van der Waals surface area contributed by atoms with E-state index in [2.05, 4.69) is 47.0 Å². The summed E-state index contributed by atoms with van der Waals surface area (Å²) in [7, 11) is 0. The number of aryl methyl sites for hydroxylation is 2. The lowest BCUT2D eigenvalue weighted by molar-refractivity contribution is 0.535. The highest BCUT2D eigenvalue weighted by molar-refractivity contribution is 7.97. The van der Waals surface area contributed by atoms with Gasteiger partial charge < -0.3 is 4.98 Å². The Morgan fingerprint density at radius 3 is 2.83 bits per heavy atom. The number of hydrogen-bond acceptors (Lipinski definition) is 2. The Bertz CT molecular complexity index is 838. The Labute approximate surface area is 145 Å². The molecule has 2 N–H and O–H groups in total. The van der Waals surface area contributed by atoms with Gasteiger partial charge in [0.25, 0.3) is 0 Å². The molecule has 1 atom stereocenters. The number of fused-ring (bicyclic) bond motifs is 3. The summed E-state index contributed by atoms with van der Waals surface area (Å²) < 4.78 is 3.63. The van der Waals surface area contributed by atoms with E-state index in [-0.39, 0.29) is 0 Å². The van der Waals surface area contributed by atoms with Crippen LogP contribution in [-0.4, -0.2) is 4.98 Å². The van der Waals surface area contributed by atoms with Gasteiger partial charge in [0.2, 0.25) is 0 Å². The summed E-state index contributed by atoms with van der Waals surface area (Å²) in [6, 6.07) is 15.0. The largest absolute Gasteiger partial charge is 0.357 e. The van der Waals surface area contributed by atoms with Crippen LogP contribution in [0.5, 0.6) is 0 Å². The van der Waals surface area contributed by atoms with Crippen molar-refractivity contribution in [3.8, 4) is 0 Å². The topological polar surface area (TPSA) is 27.8 Å². The first-order valence-electron chi connectivity index (χ1n) is 8.00. The number of nitrogens with one attached hydrogen (secondary N) is 2. The van der Waals surface area contributed by atoms with Gasteiger partial charge in [-0.25, -0.2) is 0 Å². The van der Waals surface area contributed by atoms with Gasteiger partial charge in [0.15, 0.2) is 0 Å². The summed E-state index contributed by atoms with van der Waals surface area (Å²) in [5.41, 5.74) is 5.43. The Kier molecular flexibility index (Phi) is 4.10. The zero-order valence-corrected chi connectivity index (χ0v) is 14.6. The lowest BCUT2D eigenvalue weighted by Crippen LogP contribution is -2.19. The van der Waals surface area contributed by atoms with Crippen molar-refractivity contribution in [2.24, 2.45) is 0 Å². The number of aromatic amines is 1. The van der Waals surface area contributed by atoms with Crippen LogP contribution in [0.25, 0.3) is 10.9 Å². The van der Waals surface area contributed by atoms with Gasteiger partial charge >= 0.3 is 0 Å². The van der Waals surface area contributed by atoms with Gasteiger partial charge in [-0.1, -0.05) is 23.2 Å². The lowest BCUT2D eigenvalue weighted by Gasteiger charge is -2.23. The molecule has 1 unspecified atom stereocenters. The van der Waals surface area contributed by atoms with Gasteiger partial charge in [-0.3, -0.25) is 4.72 Å². The van der Waals surface area contributed by atoms with Crippen molar-refractivity contribution in [3.63, 3.8) is 0 Å². The fourth-order valence-corrected chi connectivity index (χ4v) is 4.25. The van der Waals surface area contributed by atoms with E-state index in [1.165, 1.54) is 51.9 Å². The minimum absolute atomic E-state index is 0.368. The molecule has 1 aromatic heterocycles. The van der Waals surface area contributed by atoms with E-state index in [1.54, 1.807) is 11.9 Å². The second kappa shape index (κ2) is 6.23. The summed E-state index contributed by atoms with van der Waals surface area (Å²) >= 11 is 7.63. The molecule has 1 heterocycles. The molecule has 3 aromatic rings. The van der Waals surface area contributed by atoms with Crippen LogP contribution >= 0.6 is 23.5 Å². The third kappa shape index (κ3) is 3.01. The molecular weight excluding hydrogens is 324 g/mol. The van der Waals surface area contributed by atoms with Crippen LogP contribution in [0.2, 0.25) is 5.02 Å². The fraction of sp³-hybridized carbons (Fsp3) is 0.263. The van der Waals surface area contributed by atoms with Gasteiger partial charge in [-0.05, 0) is 80.1 Å². The Morgan fingerprint density at radius 1 is 1.17 bits per heavy atom. The molecule has 2 aromatic carbocycles. The first-order valence-corrected chi connectivity index (χ1v) is 9.19. The van der Waals surface area contributed by atoms with E-state index in [9.17, 15) is 0 Å². The molecule has 0 bridgehead atoms. The van der Waals surface area contributed by atoms with Crippen LogP contribution in [0.4, 0.5) is 0 Å². The molecule has 0 amide bonds. The third-order valence-electron chi connectivity index (χ3n) is 4.50. The van der Waals surface area contributed by atoms with Crippen molar-refractivity contribution in [3.05, 3.63) is 64.3 Å². The number of benzene rings is 2. The second-order valence-corrected chi connectivity index (χ2v) is 7.53. The second-order valence-electron chi connectivity index (χ2n) is 6.18. The Balaban J connectivity index is 1.60. The summed E-state index contributed by atoms with van der Waals surface area (Å²) in [5.74, 6) is 0. The summed E-state index contributed by atoms with van der Waals surface area (Å²) in [5, 5.41) is 2.17. The molecule has 0 fully saturated rings. The van der Waals surface area contributed by atoms with E-state index >= 15 is 0 Å². The Morgan fingerprint density at radius 2 is 2.00 bits per heavy atom. The van der Waals surface area contributed by atoms with Crippen LogP contribution < -0.4 is 4.72 Å². The normalized spacial score (nSPS) is 17.4. The monoisotopic (exact) mass is 342 g/mol. The van der Waals surface area contributed by atoms with Crippen molar-refractivity contribution in [2.45, 2.75) is 37.1 Å². The molecule has 0 saturated heterocycles. The van der Waals surface area contributed by atoms with E-state index in [1.807, 2.05) is 12.1 Å². The summed E-state index contributed by atoms with van der Waals surface area (Å²) in [6.45, 7) is 2.16. The highest BCUT2D eigenvalue weighted by Crippen LogP contribution is 2.36. The number of rotatable bonds is 3. The highest BCUT2D eigenvalue weighted by atomic mass is 35.5. The van der Waals surface area contributed by atoms with Gasteiger partial charge in [0.05, 0.1) is 6.04 Å². The fourth-order valence-electron chi connectivity index (χ4n) is 3.34. The van der Waals surface area contributed by atoms with Crippen LogP contribution in [0.3, 0.4) is 0 Å². The van der Waals surface area contributed by atoms with Crippen molar-refractivity contribution in [2.75, 3.05) is 0 Å². The molecular formula is C19H19ClN2S. The maximum Gasteiger partial charge on any atom is 0.0578 e. The van der Waals surface area contributed by atoms with E-state index in [0.29, 0.717) is 6.04 Å².